The number of carbonyl (C=O) groups excluding carboxylic acids is 1. The number of likely N-dealkylation sites (tertiary alicyclic amines) is 1. The molecule has 16 heavy (non-hydrogen) atoms. The zero-order valence-electron chi connectivity index (χ0n) is 8.97. The fourth-order valence-electron chi connectivity index (χ4n) is 1.75. The Balaban J connectivity index is 2.16. The fourth-order valence-corrected chi connectivity index (χ4v) is 1.75. The second kappa shape index (κ2) is 4.19. The maximum atomic E-state index is 11.7. The summed E-state index contributed by atoms with van der Waals surface area (Å²) in [6.07, 6.45) is 3.89. The first kappa shape index (κ1) is 10.4. The highest BCUT2D eigenvalue weighted by atomic mass is 16.2. The minimum Gasteiger partial charge on any atom is -0.371 e. The normalized spacial score (nSPS) is 19.6. The van der Waals surface area contributed by atoms with Crippen LogP contribution in [0.5, 0.6) is 0 Å². The van der Waals surface area contributed by atoms with Crippen LogP contribution in [0.3, 0.4) is 0 Å². The molecule has 2 heterocycles. The van der Waals surface area contributed by atoms with Crippen molar-refractivity contribution in [2.45, 2.75) is 12.5 Å². The Morgan fingerprint density at radius 2 is 2.50 bits per heavy atom. The molecule has 0 bridgehead atoms. The minimum atomic E-state index is -0.235. The average molecular weight is 216 g/mol. The number of amides is 1. The number of nitrogens with one attached hydrogen (secondary N) is 1. The molecule has 1 aromatic rings. The van der Waals surface area contributed by atoms with Crippen molar-refractivity contribution in [3.05, 3.63) is 24.0 Å². The van der Waals surface area contributed by atoms with Crippen molar-refractivity contribution in [2.75, 3.05) is 18.9 Å². The second-order valence-corrected chi connectivity index (χ2v) is 3.78. The van der Waals surface area contributed by atoms with Crippen LogP contribution >= 0.6 is 0 Å². The Labute approximate surface area is 93.7 Å². The Bertz CT molecular complexity index is 452. The van der Waals surface area contributed by atoms with Crippen LogP contribution in [0.4, 0.5) is 5.69 Å². The molecule has 1 amide bonds. The summed E-state index contributed by atoms with van der Waals surface area (Å²) in [6.45, 7) is 0.749. The first-order chi connectivity index (χ1) is 7.72. The molecule has 0 saturated carbocycles. The number of hydrogen-bond acceptors (Lipinski definition) is 4. The van der Waals surface area contributed by atoms with Gasteiger partial charge in [-0.05, 0) is 12.5 Å². The van der Waals surface area contributed by atoms with E-state index in [1.54, 1.807) is 30.4 Å². The van der Waals surface area contributed by atoms with E-state index in [0.29, 0.717) is 11.3 Å². The van der Waals surface area contributed by atoms with Crippen LogP contribution in [-0.2, 0) is 4.79 Å². The van der Waals surface area contributed by atoms with Crippen molar-refractivity contribution < 1.29 is 4.79 Å². The van der Waals surface area contributed by atoms with E-state index in [-0.39, 0.29) is 11.9 Å². The van der Waals surface area contributed by atoms with Gasteiger partial charge in [0.2, 0.25) is 5.91 Å². The van der Waals surface area contributed by atoms with Gasteiger partial charge in [-0.2, -0.15) is 5.26 Å². The first-order valence-electron chi connectivity index (χ1n) is 5.08. The molecule has 0 aromatic carbocycles. The van der Waals surface area contributed by atoms with Crippen molar-refractivity contribution >= 4 is 11.6 Å². The Kier molecular flexibility index (Phi) is 2.73. The molecular formula is C11H12N4O. The summed E-state index contributed by atoms with van der Waals surface area (Å²) in [7, 11) is 1.78. The van der Waals surface area contributed by atoms with Gasteiger partial charge in [0.15, 0.2) is 0 Å². The Morgan fingerprint density at radius 1 is 1.69 bits per heavy atom. The molecule has 82 valence electrons. The molecule has 1 aliphatic rings. The lowest BCUT2D eigenvalue weighted by Gasteiger charge is -2.13. The van der Waals surface area contributed by atoms with E-state index >= 15 is 0 Å². The van der Waals surface area contributed by atoms with Gasteiger partial charge in [0.25, 0.3) is 0 Å². The van der Waals surface area contributed by atoms with E-state index < -0.39 is 0 Å². The van der Waals surface area contributed by atoms with Gasteiger partial charge in [0.05, 0.1) is 17.4 Å². The van der Waals surface area contributed by atoms with Gasteiger partial charge in [-0.3, -0.25) is 9.78 Å². The van der Waals surface area contributed by atoms with Gasteiger partial charge >= 0.3 is 0 Å². The number of carbonyl (C=O) groups is 1. The zero-order valence-corrected chi connectivity index (χ0v) is 8.97. The highest BCUT2D eigenvalue weighted by Crippen LogP contribution is 2.18. The maximum Gasteiger partial charge on any atom is 0.244 e. The molecule has 1 unspecified atom stereocenters. The van der Waals surface area contributed by atoms with Crippen LogP contribution in [0, 0.1) is 11.3 Å². The molecule has 2 rings (SSSR count). The van der Waals surface area contributed by atoms with Crippen molar-refractivity contribution in [1.82, 2.24) is 9.88 Å². The van der Waals surface area contributed by atoms with Gasteiger partial charge < -0.3 is 10.2 Å². The molecule has 0 spiro atoms. The lowest BCUT2D eigenvalue weighted by atomic mass is 10.2. The van der Waals surface area contributed by atoms with Crippen LogP contribution in [-0.4, -0.2) is 35.4 Å². The number of nitrogens with zero attached hydrogens (tertiary/aromatic N) is 3. The number of likely N-dealkylation sites (N-methyl/N-ethyl adjacent to an activating group) is 1. The average Bonchev–Trinajstić information content (AvgIpc) is 2.62. The molecule has 5 nitrogen and oxygen atoms in total. The summed E-state index contributed by atoms with van der Waals surface area (Å²) in [5.41, 5.74) is 1.14. The van der Waals surface area contributed by atoms with Crippen LogP contribution in [0.2, 0.25) is 0 Å². The predicted octanol–water partition coefficient (Wildman–Crippen LogP) is 0.596. The van der Waals surface area contributed by atoms with Crippen molar-refractivity contribution in [1.29, 1.82) is 5.26 Å². The monoisotopic (exact) mass is 216 g/mol. The highest BCUT2D eigenvalue weighted by molar-refractivity contribution is 5.86. The topological polar surface area (TPSA) is 69.0 Å². The van der Waals surface area contributed by atoms with Gasteiger partial charge in [-0.1, -0.05) is 0 Å². The summed E-state index contributed by atoms with van der Waals surface area (Å²) >= 11 is 0. The fraction of sp³-hybridized carbons (Fsp3) is 0.364. The smallest absolute Gasteiger partial charge is 0.244 e. The van der Waals surface area contributed by atoms with Crippen molar-refractivity contribution in [3.63, 3.8) is 0 Å². The third-order valence-corrected chi connectivity index (χ3v) is 2.70. The third-order valence-electron chi connectivity index (χ3n) is 2.70. The number of pyridine rings is 1. The van der Waals surface area contributed by atoms with Crippen LogP contribution in [0.15, 0.2) is 18.5 Å². The molecule has 0 radical (unpaired) electrons. The summed E-state index contributed by atoms with van der Waals surface area (Å²) in [6, 6.07) is 3.46. The number of rotatable bonds is 2. The molecule has 1 fully saturated rings. The van der Waals surface area contributed by atoms with E-state index in [1.807, 2.05) is 0 Å². The summed E-state index contributed by atoms with van der Waals surface area (Å²) < 4.78 is 0. The lowest BCUT2D eigenvalue weighted by molar-refractivity contribution is -0.127. The first-order valence-corrected chi connectivity index (χ1v) is 5.08. The van der Waals surface area contributed by atoms with Crippen LogP contribution in [0.1, 0.15) is 12.0 Å². The molecule has 1 atom stereocenters. The van der Waals surface area contributed by atoms with Crippen LogP contribution in [0.25, 0.3) is 0 Å². The largest absolute Gasteiger partial charge is 0.371 e. The minimum absolute atomic E-state index is 0.0627. The number of hydrogen-bond donors (Lipinski definition) is 1. The molecule has 0 aliphatic carbocycles. The number of anilines is 1. The van der Waals surface area contributed by atoms with Gasteiger partial charge in [0.1, 0.15) is 12.1 Å². The maximum absolute atomic E-state index is 11.7. The lowest BCUT2D eigenvalue weighted by Crippen LogP contribution is -2.31. The Hall–Kier alpha value is -2.09. The van der Waals surface area contributed by atoms with E-state index in [0.717, 1.165) is 13.0 Å². The number of aromatic nitrogens is 1. The van der Waals surface area contributed by atoms with Crippen molar-refractivity contribution in [3.8, 4) is 6.07 Å². The molecular weight excluding hydrogens is 204 g/mol. The third kappa shape index (κ3) is 1.82. The summed E-state index contributed by atoms with van der Waals surface area (Å²) in [5.74, 6) is 0.0627. The van der Waals surface area contributed by atoms with Gasteiger partial charge in [-0.15, -0.1) is 0 Å². The van der Waals surface area contributed by atoms with Gasteiger partial charge in [-0.25, -0.2) is 0 Å². The van der Waals surface area contributed by atoms with E-state index in [1.165, 1.54) is 0 Å². The van der Waals surface area contributed by atoms with Crippen molar-refractivity contribution in [2.24, 2.45) is 0 Å². The van der Waals surface area contributed by atoms with E-state index in [9.17, 15) is 4.79 Å². The number of nitriles is 1. The zero-order chi connectivity index (χ0) is 11.5. The SMILES string of the molecule is CN1CCC(Nc2cnccc2C#N)C1=O. The highest BCUT2D eigenvalue weighted by Gasteiger charge is 2.29. The molecule has 1 N–H and O–H groups in total. The standard InChI is InChI=1S/C11H12N4O/c1-15-5-3-9(11(15)16)14-10-7-13-4-2-8(10)6-12/h2,4,7,9,14H,3,5H2,1H3. The van der Waals surface area contributed by atoms with E-state index in [2.05, 4.69) is 16.4 Å². The Morgan fingerprint density at radius 3 is 3.12 bits per heavy atom. The molecule has 1 aromatic heterocycles. The van der Waals surface area contributed by atoms with E-state index in [4.69, 9.17) is 5.26 Å². The summed E-state index contributed by atoms with van der Waals surface area (Å²) in [5, 5.41) is 12.0. The second-order valence-electron chi connectivity index (χ2n) is 3.78. The molecule has 1 aliphatic heterocycles. The molecule has 5 heteroatoms. The quantitative estimate of drug-likeness (QED) is 0.785. The predicted molar refractivity (Wildman–Crippen MR) is 58.6 cm³/mol. The molecule has 1 saturated heterocycles. The summed E-state index contributed by atoms with van der Waals surface area (Å²) in [4.78, 5) is 17.3. The van der Waals surface area contributed by atoms with Crippen LogP contribution < -0.4 is 5.32 Å². The van der Waals surface area contributed by atoms with Gasteiger partial charge in [0, 0.05) is 19.8 Å².